The molecule has 0 saturated carbocycles. The zero-order valence-electron chi connectivity index (χ0n) is 10.5. The lowest BCUT2D eigenvalue weighted by Crippen LogP contribution is -2.41. The van der Waals surface area contributed by atoms with Gasteiger partial charge in [0.15, 0.2) is 0 Å². The predicted octanol–water partition coefficient (Wildman–Crippen LogP) is 3.05. The molecule has 17 heavy (non-hydrogen) atoms. The summed E-state index contributed by atoms with van der Waals surface area (Å²) in [4.78, 5) is 0.234. The average Bonchev–Trinajstić information content (AvgIpc) is 2.16. The van der Waals surface area contributed by atoms with Crippen molar-refractivity contribution in [3.05, 3.63) is 29.3 Å². The van der Waals surface area contributed by atoms with Gasteiger partial charge in [-0.15, -0.1) is 0 Å². The Bertz CT molecular complexity index is 474. The van der Waals surface area contributed by atoms with Gasteiger partial charge >= 0.3 is 0 Å². The third-order valence-corrected chi connectivity index (χ3v) is 4.56. The summed E-state index contributed by atoms with van der Waals surface area (Å²) in [6.45, 7) is 7.82. The molecule has 0 aromatic heterocycles. The van der Waals surface area contributed by atoms with Crippen LogP contribution in [-0.4, -0.2) is 14.5 Å². The van der Waals surface area contributed by atoms with Crippen molar-refractivity contribution in [1.82, 2.24) is 4.72 Å². The second-order valence-electron chi connectivity index (χ2n) is 5.16. The van der Waals surface area contributed by atoms with Crippen LogP contribution in [0.5, 0.6) is 0 Å². The SMILES string of the molecule is CC(NS(=O)(=O)c1ccc(Cl)cc1)C(C)(C)C. The first kappa shape index (κ1) is 14.5. The van der Waals surface area contributed by atoms with Crippen LogP contribution >= 0.6 is 11.6 Å². The third kappa shape index (κ3) is 3.98. The van der Waals surface area contributed by atoms with Crippen molar-refractivity contribution in [3.63, 3.8) is 0 Å². The quantitative estimate of drug-likeness (QED) is 0.922. The number of rotatable bonds is 3. The van der Waals surface area contributed by atoms with E-state index in [2.05, 4.69) is 4.72 Å². The molecule has 0 fully saturated rings. The Morgan fingerprint density at radius 1 is 1.18 bits per heavy atom. The Labute approximate surface area is 108 Å². The highest BCUT2D eigenvalue weighted by Gasteiger charge is 2.25. The average molecular weight is 276 g/mol. The zero-order valence-corrected chi connectivity index (χ0v) is 12.1. The minimum absolute atomic E-state index is 0.126. The fourth-order valence-corrected chi connectivity index (χ4v) is 2.67. The van der Waals surface area contributed by atoms with Crippen molar-refractivity contribution in [2.24, 2.45) is 5.41 Å². The second kappa shape index (κ2) is 4.96. The van der Waals surface area contributed by atoms with Crippen molar-refractivity contribution >= 4 is 21.6 Å². The highest BCUT2D eigenvalue weighted by Crippen LogP contribution is 2.21. The number of halogens is 1. The molecule has 1 unspecified atom stereocenters. The number of hydrogen-bond donors (Lipinski definition) is 1. The molecule has 0 radical (unpaired) electrons. The highest BCUT2D eigenvalue weighted by molar-refractivity contribution is 7.89. The summed E-state index contributed by atoms with van der Waals surface area (Å²) in [5, 5.41) is 0.521. The van der Waals surface area contributed by atoms with Gasteiger partial charge in [0.25, 0.3) is 0 Å². The van der Waals surface area contributed by atoms with Gasteiger partial charge in [-0.3, -0.25) is 0 Å². The van der Waals surface area contributed by atoms with Crippen LogP contribution in [0, 0.1) is 5.41 Å². The largest absolute Gasteiger partial charge is 0.240 e. The molecule has 1 aromatic carbocycles. The smallest absolute Gasteiger partial charge is 0.208 e. The van der Waals surface area contributed by atoms with E-state index in [1.165, 1.54) is 12.1 Å². The van der Waals surface area contributed by atoms with Crippen molar-refractivity contribution in [2.45, 2.75) is 38.6 Å². The molecule has 1 aromatic rings. The van der Waals surface area contributed by atoms with Crippen LogP contribution in [0.2, 0.25) is 5.02 Å². The second-order valence-corrected chi connectivity index (χ2v) is 7.31. The summed E-state index contributed by atoms with van der Waals surface area (Å²) in [7, 11) is -3.47. The molecule has 0 aliphatic heterocycles. The molecule has 0 bridgehead atoms. The zero-order chi connectivity index (χ0) is 13.3. The van der Waals surface area contributed by atoms with Crippen molar-refractivity contribution in [1.29, 1.82) is 0 Å². The van der Waals surface area contributed by atoms with E-state index >= 15 is 0 Å². The standard InChI is InChI=1S/C12H18ClNO2S/c1-9(12(2,3)4)14-17(15,16)11-7-5-10(13)6-8-11/h5-9,14H,1-4H3. The van der Waals surface area contributed by atoms with E-state index < -0.39 is 10.0 Å². The normalized spacial score (nSPS) is 14.6. The van der Waals surface area contributed by atoms with Crippen LogP contribution in [0.1, 0.15) is 27.7 Å². The Hall–Kier alpha value is -0.580. The first-order valence-electron chi connectivity index (χ1n) is 5.41. The van der Waals surface area contributed by atoms with Crippen LogP contribution in [0.15, 0.2) is 29.2 Å². The van der Waals surface area contributed by atoms with Crippen molar-refractivity contribution < 1.29 is 8.42 Å². The molecular formula is C12H18ClNO2S. The summed E-state index contributed by atoms with van der Waals surface area (Å²) >= 11 is 5.72. The maximum atomic E-state index is 12.0. The summed E-state index contributed by atoms with van der Waals surface area (Å²) < 4.78 is 26.8. The molecule has 0 aliphatic carbocycles. The number of hydrogen-bond acceptors (Lipinski definition) is 2. The van der Waals surface area contributed by atoms with Gasteiger partial charge < -0.3 is 0 Å². The van der Waals surface area contributed by atoms with Gasteiger partial charge in [-0.05, 0) is 36.6 Å². The fraction of sp³-hybridized carbons (Fsp3) is 0.500. The van der Waals surface area contributed by atoms with Gasteiger partial charge in [-0.2, -0.15) is 0 Å². The molecular weight excluding hydrogens is 258 g/mol. The molecule has 0 saturated heterocycles. The summed E-state index contributed by atoms with van der Waals surface area (Å²) in [5.74, 6) is 0. The summed E-state index contributed by atoms with van der Waals surface area (Å²) in [6.07, 6.45) is 0. The van der Waals surface area contributed by atoms with Gasteiger partial charge in [0, 0.05) is 11.1 Å². The Morgan fingerprint density at radius 2 is 1.65 bits per heavy atom. The third-order valence-electron chi connectivity index (χ3n) is 2.75. The first-order valence-corrected chi connectivity index (χ1v) is 7.27. The Morgan fingerprint density at radius 3 is 2.06 bits per heavy atom. The highest BCUT2D eigenvalue weighted by atomic mass is 35.5. The van der Waals surface area contributed by atoms with Crippen LogP contribution in [0.25, 0.3) is 0 Å². The number of benzene rings is 1. The molecule has 3 nitrogen and oxygen atoms in total. The van der Waals surface area contributed by atoms with Crippen molar-refractivity contribution in [2.75, 3.05) is 0 Å². The maximum absolute atomic E-state index is 12.0. The van der Waals surface area contributed by atoms with E-state index in [1.54, 1.807) is 12.1 Å². The topological polar surface area (TPSA) is 46.2 Å². The molecule has 5 heteroatoms. The van der Waals surface area contributed by atoms with Gasteiger partial charge in [-0.1, -0.05) is 32.4 Å². The molecule has 0 amide bonds. The lowest BCUT2D eigenvalue weighted by atomic mass is 9.89. The molecule has 0 spiro atoms. The lowest BCUT2D eigenvalue weighted by molar-refractivity contribution is 0.317. The molecule has 1 atom stereocenters. The first-order chi connectivity index (χ1) is 7.63. The molecule has 0 heterocycles. The van der Waals surface area contributed by atoms with E-state index in [9.17, 15) is 8.42 Å². The fourth-order valence-electron chi connectivity index (χ4n) is 1.09. The minimum atomic E-state index is -3.47. The monoisotopic (exact) mass is 275 g/mol. The molecule has 1 rings (SSSR count). The van der Waals surface area contributed by atoms with E-state index in [0.717, 1.165) is 0 Å². The predicted molar refractivity (Wildman–Crippen MR) is 70.7 cm³/mol. The number of sulfonamides is 1. The van der Waals surface area contributed by atoms with Crippen LogP contribution in [-0.2, 0) is 10.0 Å². The molecule has 0 aliphatic rings. The van der Waals surface area contributed by atoms with Crippen LogP contribution in [0.4, 0.5) is 0 Å². The van der Waals surface area contributed by atoms with Crippen LogP contribution < -0.4 is 4.72 Å². The van der Waals surface area contributed by atoms with E-state index in [1.807, 2.05) is 27.7 Å². The van der Waals surface area contributed by atoms with Gasteiger partial charge in [0.2, 0.25) is 10.0 Å². The van der Waals surface area contributed by atoms with E-state index in [4.69, 9.17) is 11.6 Å². The molecule has 96 valence electrons. The summed E-state index contributed by atoms with van der Waals surface area (Å²) in [5.41, 5.74) is -0.126. The maximum Gasteiger partial charge on any atom is 0.240 e. The molecule has 1 N–H and O–H groups in total. The van der Waals surface area contributed by atoms with Gasteiger partial charge in [0.05, 0.1) is 4.90 Å². The van der Waals surface area contributed by atoms with Gasteiger partial charge in [-0.25, -0.2) is 13.1 Å². The van der Waals surface area contributed by atoms with Crippen molar-refractivity contribution in [3.8, 4) is 0 Å². The number of nitrogens with one attached hydrogen (secondary N) is 1. The summed E-state index contributed by atoms with van der Waals surface area (Å²) in [6, 6.07) is 5.98. The Balaban J connectivity index is 2.94. The van der Waals surface area contributed by atoms with E-state index in [-0.39, 0.29) is 16.4 Å². The van der Waals surface area contributed by atoms with Gasteiger partial charge in [0.1, 0.15) is 0 Å². The Kier molecular flexibility index (Phi) is 4.23. The lowest BCUT2D eigenvalue weighted by Gasteiger charge is -2.27. The van der Waals surface area contributed by atoms with Crippen LogP contribution in [0.3, 0.4) is 0 Å². The minimum Gasteiger partial charge on any atom is -0.208 e. The van der Waals surface area contributed by atoms with E-state index in [0.29, 0.717) is 5.02 Å².